The van der Waals surface area contributed by atoms with Gasteiger partial charge in [-0.1, -0.05) is 12.1 Å². The molecule has 0 aliphatic carbocycles. The molecule has 0 bridgehead atoms. The van der Waals surface area contributed by atoms with E-state index in [1.807, 2.05) is 6.07 Å². The molecule has 0 saturated carbocycles. The molecule has 0 aromatic heterocycles. The van der Waals surface area contributed by atoms with Gasteiger partial charge in [0.15, 0.2) is 11.5 Å². The Hall–Kier alpha value is -2.74. The minimum absolute atomic E-state index is 0.122. The summed E-state index contributed by atoms with van der Waals surface area (Å²) in [6, 6.07) is 13.5. The lowest BCUT2D eigenvalue weighted by atomic mass is 10.2. The molecule has 1 atom stereocenters. The predicted molar refractivity (Wildman–Crippen MR) is 89.9 cm³/mol. The number of carbonyl (C=O) groups is 1. The molecular weight excluding hydrogens is 332 g/mol. The van der Waals surface area contributed by atoms with Crippen molar-refractivity contribution in [1.29, 1.82) is 0 Å². The topological polar surface area (TPSA) is 93.7 Å². The SMILES string of the molecule is CS(=O)(=O)Nc1ccc(NC(=O)C2COc3ccccc3O2)cc1. The second-order valence-corrected chi connectivity index (χ2v) is 7.05. The first kappa shape index (κ1) is 16.1. The van der Waals surface area contributed by atoms with Crippen LogP contribution in [0.5, 0.6) is 11.5 Å². The third-order valence-corrected chi connectivity index (χ3v) is 3.86. The van der Waals surface area contributed by atoms with Crippen molar-refractivity contribution in [3.63, 3.8) is 0 Å². The van der Waals surface area contributed by atoms with Gasteiger partial charge in [0, 0.05) is 11.4 Å². The zero-order valence-corrected chi connectivity index (χ0v) is 13.7. The molecular formula is C16H16N2O5S. The summed E-state index contributed by atoms with van der Waals surface area (Å²) >= 11 is 0. The largest absolute Gasteiger partial charge is 0.485 e. The summed E-state index contributed by atoms with van der Waals surface area (Å²) in [4.78, 5) is 12.3. The number of ether oxygens (including phenoxy) is 2. The Kier molecular flexibility index (Phi) is 4.30. The van der Waals surface area contributed by atoms with E-state index in [1.54, 1.807) is 42.5 Å². The quantitative estimate of drug-likeness (QED) is 0.879. The smallest absolute Gasteiger partial charge is 0.269 e. The van der Waals surface area contributed by atoms with Crippen LogP contribution in [0.4, 0.5) is 11.4 Å². The van der Waals surface area contributed by atoms with Gasteiger partial charge in [-0.15, -0.1) is 0 Å². The summed E-state index contributed by atoms with van der Waals surface area (Å²) in [5.41, 5.74) is 0.947. The molecule has 1 heterocycles. The molecule has 8 heteroatoms. The summed E-state index contributed by atoms with van der Waals surface area (Å²) in [5, 5.41) is 2.71. The van der Waals surface area contributed by atoms with E-state index in [0.29, 0.717) is 22.9 Å². The molecule has 24 heavy (non-hydrogen) atoms. The van der Waals surface area contributed by atoms with Crippen molar-refractivity contribution in [2.24, 2.45) is 0 Å². The fraction of sp³-hybridized carbons (Fsp3) is 0.188. The molecule has 1 aliphatic heterocycles. The monoisotopic (exact) mass is 348 g/mol. The van der Waals surface area contributed by atoms with Crippen molar-refractivity contribution in [3.8, 4) is 11.5 Å². The zero-order valence-electron chi connectivity index (χ0n) is 12.9. The summed E-state index contributed by atoms with van der Waals surface area (Å²) in [7, 11) is -3.33. The fourth-order valence-corrected chi connectivity index (χ4v) is 2.77. The average Bonchev–Trinajstić information content (AvgIpc) is 2.55. The standard InChI is InChI=1S/C16H16N2O5S/c1-24(20,21)18-12-8-6-11(7-9-12)17-16(19)15-10-22-13-4-2-3-5-14(13)23-15/h2-9,15,18H,10H2,1H3,(H,17,19). The van der Waals surface area contributed by atoms with Crippen LogP contribution in [0, 0.1) is 0 Å². The lowest BCUT2D eigenvalue weighted by Gasteiger charge is -2.25. The molecule has 2 aromatic rings. The number of para-hydroxylation sites is 2. The van der Waals surface area contributed by atoms with E-state index in [0.717, 1.165) is 6.26 Å². The summed E-state index contributed by atoms with van der Waals surface area (Å²) in [5.74, 6) is 0.794. The fourth-order valence-electron chi connectivity index (χ4n) is 2.21. The molecule has 1 amide bonds. The minimum Gasteiger partial charge on any atom is -0.485 e. The van der Waals surface area contributed by atoms with Gasteiger partial charge in [0.05, 0.1) is 6.26 Å². The second-order valence-electron chi connectivity index (χ2n) is 5.31. The Morgan fingerprint density at radius 1 is 1.04 bits per heavy atom. The Morgan fingerprint density at radius 2 is 1.67 bits per heavy atom. The van der Waals surface area contributed by atoms with Crippen LogP contribution >= 0.6 is 0 Å². The Labute approximate surface area is 139 Å². The highest BCUT2D eigenvalue weighted by atomic mass is 32.2. The normalized spacial score (nSPS) is 16.3. The third kappa shape index (κ3) is 3.96. The van der Waals surface area contributed by atoms with Crippen molar-refractivity contribution < 1.29 is 22.7 Å². The van der Waals surface area contributed by atoms with Gasteiger partial charge >= 0.3 is 0 Å². The Morgan fingerprint density at radius 3 is 2.33 bits per heavy atom. The van der Waals surface area contributed by atoms with Gasteiger partial charge in [-0.05, 0) is 36.4 Å². The first-order valence-corrected chi connectivity index (χ1v) is 9.07. The lowest BCUT2D eigenvalue weighted by molar-refractivity contribution is -0.125. The molecule has 0 fully saturated rings. The minimum atomic E-state index is -3.33. The van der Waals surface area contributed by atoms with Crippen LogP contribution in [0.15, 0.2) is 48.5 Å². The second kappa shape index (κ2) is 6.40. The van der Waals surface area contributed by atoms with E-state index < -0.39 is 16.1 Å². The van der Waals surface area contributed by atoms with Gasteiger partial charge in [-0.2, -0.15) is 0 Å². The lowest BCUT2D eigenvalue weighted by Crippen LogP contribution is -2.40. The third-order valence-electron chi connectivity index (χ3n) is 3.26. The van der Waals surface area contributed by atoms with Crippen LogP contribution < -0.4 is 19.5 Å². The van der Waals surface area contributed by atoms with E-state index in [1.165, 1.54) is 0 Å². The highest BCUT2D eigenvalue weighted by Gasteiger charge is 2.27. The molecule has 126 valence electrons. The average molecular weight is 348 g/mol. The molecule has 1 unspecified atom stereocenters. The number of benzene rings is 2. The van der Waals surface area contributed by atoms with Crippen LogP contribution in [0.2, 0.25) is 0 Å². The van der Waals surface area contributed by atoms with E-state index in [2.05, 4.69) is 10.0 Å². The summed E-state index contributed by atoms with van der Waals surface area (Å²) in [6.07, 6.45) is 0.315. The van der Waals surface area contributed by atoms with E-state index >= 15 is 0 Å². The van der Waals surface area contributed by atoms with Crippen LogP contribution in [0.25, 0.3) is 0 Å². The van der Waals surface area contributed by atoms with Crippen LogP contribution in [0.1, 0.15) is 0 Å². The maximum atomic E-state index is 12.3. The molecule has 1 aliphatic rings. The Bertz CT molecular complexity index is 849. The highest BCUT2D eigenvalue weighted by Crippen LogP contribution is 2.31. The molecule has 2 N–H and O–H groups in total. The maximum absolute atomic E-state index is 12.3. The molecule has 0 saturated heterocycles. The van der Waals surface area contributed by atoms with E-state index in [9.17, 15) is 13.2 Å². The number of anilines is 2. The van der Waals surface area contributed by atoms with E-state index in [4.69, 9.17) is 9.47 Å². The zero-order chi connectivity index (χ0) is 17.2. The highest BCUT2D eigenvalue weighted by molar-refractivity contribution is 7.92. The predicted octanol–water partition coefficient (Wildman–Crippen LogP) is 1.84. The number of rotatable bonds is 4. The van der Waals surface area contributed by atoms with E-state index in [-0.39, 0.29) is 12.5 Å². The Balaban J connectivity index is 1.63. The van der Waals surface area contributed by atoms with Crippen molar-refractivity contribution in [3.05, 3.63) is 48.5 Å². The number of nitrogens with one attached hydrogen (secondary N) is 2. The molecule has 0 radical (unpaired) electrons. The molecule has 3 rings (SSSR count). The summed E-state index contributed by atoms with van der Waals surface area (Å²) in [6.45, 7) is 0.122. The number of sulfonamides is 1. The number of carbonyl (C=O) groups excluding carboxylic acids is 1. The number of hydrogen-bond acceptors (Lipinski definition) is 5. The van der Waals surface area contributed by atoms with Crippen LogP contribution in [-0.2, 0) is 14.8 Å². The van der Waals surface area contributed by atoms with Crippen LogP contribution in [-0.4, -0.2) is 33.3 Å². The maximum Gasteiger partial charge on any atom is 0.269 e. The van der Waals surface area contributed by atoms with Crippen molar-refractivity contribution >= 4 is 27.3 Å². The van der Waals surface area contributed by atoms with Gasteiger partial charge < -0.3 is 14.8 Å². The van der Waals surface area contributed by atoms with Gasteiger partial charge in [0.2, 0.25) is 16.1 Å². The first-order chi connectivity index (χ1) is 11.4. The number of fused-ring (bicyclic) bond motifs is 1. The molecule has 7 nitrogen and oxygen atoms in total. The van der Waals surface area contributed by atoms with Gasteiger partial charge in [0.25, 0.3) is 5.91 Å². The van der Waals surface area contributed by atoms with Crippen molar-refractivity contribution in [2.45, 2.75) is 6.10 Å². The summed E-state index contributed by atoms with van der Waals surface area (Å²) < 4.78 is 35.8. The van der Waals surface area contributed by atoms with Crippen molar-refractivity contribution in [2.75, 3.05) is 22.9 Å². The van der Waals surface area contributed by atoms with Crippen LogP contribution in [0.3, 0.4) is 0 Å². The van der Waals surface area contributed by atoms with Gasteiger partial charge in [-0.3, -0.25) is 9.52 Å². The number of hydrogen-bond donors (Lipinski definition) is 2. The number of amides is 1. The first-order valence-electron chi connectivity index (χ1n) is 7.18. The molecule has 0 spiro atoms. The molecule has 2 aromatic carbocycles. The van der Waals surface area contributed by atoms with Gasteiger partial charge in [0.1, 0.15) is 6.61 Å². The van der Waals surface area contributed by atoms with Crippen molar-refractivity contribution in [1.82, 2.24) is 0 Å². The van der Waals surface area contributed by atoms with Gasteiger partial charge in [-0.25, -0.2) is 8.42 Å².